The van der Waals surface area contributed by atoms with Crippen LogP contribution < -0.4 is 10.6 Å². The second-order valence-electron chi connectivity index (χ2n) is 8.60. The summed E-state index contributed by atoms with van der Waals surface area (Å²) in [6.45, 7) is 8.34. The van der Waals surface area contributed by atoms with E-state index in [-0.39, 0.29) is 23.5 Å². The second kappa shape index (κ2) is 7.39. The molecule has 29 heavy (non-hydrogen) atoms. The number of benzene rings is 1. The van der Waals surface area contributed by atoms with Crippen molar-refractivity contribution in [2.75, 3.05) is 0 Å². The number of rotatable bonds is 4. The fraction of sp³-hybridized carbons (Fsp3) is 0.409. The lowest BCUT2D eigenvalue weighted by atomic mass is 9.75. The van der Waals surface area contributed by atoms with Crippen molar-refractivity contribution < 1.29 is 9.21 Å². The van der Waals surface area contributed by atoms with Gasteiger partial charge in [-0.15, -0.1) is 0 Å². The molecule has 0 aliphatic heterocycles. The Kier molecular flexibility index (Phi) is 4.90. The predicted octanol–water partition coefficient (Wildman–Crippen LogP) is 4.24. The van der Waals surface area contributed by atoms with Gasteiger partial charge < -0.3 is 15.1 Å². The number of carbonyl (C=O) groups excluding carboxylic acids is 1. The summed E-state index contributed by atoms with van der Waals surface area (Å²) in [6.07, 6.45) is 4.93. The lowest BCUT2D eigenvalue weighted by Crippen LogP contribution is -2.42. The number of nitrogens with zero attached hydrogens (tertiary/aromatic N) is 3. The van der Waals surface area contributed by atoms with E-state index in [1.165, 1.54) is 6.33 Å². The average molecular weight is 393 g/mol. The first kappa shape index (κ1) is 19.2. The summed E-state index contributed by atoms with van der Waals surface area (Å²) in [5, 5.41) is 10.3. The summed E-state index contributed by atoms with van der Waals surface area (Å²) < 4.78 is 7.56. The molecule has 2 atom stereocenters. The van der Waals surface area contributed by atoms with Gasteiger partial charge in [0.2, 0.25) is 0 Å². The molecule has 152 valence electrons. The quantitative estimate of drug-likeness (QED) is 0.694. The highest BCUT2D eigenvalue weighted by molar-refractivity contribution is 5.75. The number of aryl methyl sites for hydroxylation is 1. The Labute approximate surface area is 170 Å². The van der Waals surface area contributed by atoms with Crippen LogP contribution in [0.4, 0.5) is 4.79 Å². The number of hydrogen-bond donors (Lipinski definition) is 2. The Morgan fingerprint density at radius 3 is 2.76 bits per heavy atom. The molecule has 0 fully saturated rings. The summed E-state index contributed by atoms with van der Waals surface area (Å²) in [5.74, 6) is 1.88. The SMILES string of the molecule is Cc1cc2c(o1)CC(C)(C)CC2NC(=O)NC(C)c1ccc(-n2cncn2)cc1. The van der Waals surface area contributed by atoms with Gasteiger partial charge in [-0.25, -0.2) is 14.5 Å². The van der Waals surface area contributed by atoms with Gasteiger partial charge in [0.05, 0.1) is 17.8 Å². The van der Waals surface area contributed by atoms with Gasteiger partial charge in [0.1, 0.15) is 24.2 Å². The Bertz CT molecular complexity index is 989. The molecule has 0 spiro atoms. The van der Waals surface area contributed by atoms with Crippen LogP contribution in [0.2, 0.25) is 0 Å². The minimum absolute atomic E-state index is 0.0481. The van der Waals surface area contributed by atoms with Crippen LogP contribution in [0.5, 0.6) is 0 Å². The van der Waals surface area contributed by atoms with Gasteiger partial charge in [-0.3, -0.25) is 0 Å². The summed E-state index contributed by atoms with van der Waals surface area (Å²) in [6, 6.07) is 9.60. The highest BCUT2D eigenvalue weighted by Crippen LogP contribution is 2.42. The molecule has 7 heteroatoms. The molecule has 0 saturated heterocycles. The zero-order chi connectivity index (χ0) is 20.6. The number of fused-ring (bicyclic) bond motifs is 1. The van der Waals surface area contributed by atoms with Crippen molar-refractivity contribution in [1.29, 1.82) is 0 Å². The van der Waals surface area contributed by atoms with Crippen molar-refractivity contribution >= 4 is 6.03 Å². The van der Waals surface area contributed by atoms with Gasteiger partial charge in [0.15, 0.2) is 0 Å². The van der Waals surface area contributed by atoms with E-state index < -0.39 is 0 Å². The molecule has 2 heterocycles. The van der Waals surface area contributed by atoms with E-state index in [1.807, 2.05) is 44.2 Å². The molecular weight excluding hydrogens is 366 g/mol. The summed E-state index contributed by atoms with van der Waals surface area (Å²) in [7, 11) is 0. The van der Waals surface area contributed by atoms with Crippen LogP contribution >= 0.6 is 0 Å². The van der Waals surface area contributed by atoms with E-state index in [0.717, 1.165) is 41.2 Å². The second-order valence-corrected chi connectivity index (χ2v) is 8.60. The molecule has 1 aliphatic carbocycles. The van der Waals surface area contributed by atoms with Gasteiger partial charge in [0.25, 0.3) is 0 Å². The average Bonchev–Trinajstić information content (AvgIpc) is 3.30. The molecule has 2 unspecified atom stereocenters. The molecule has 0 saturated carbocycles. The number of furan rings is 1. The van der Waals surface area contributed by atoms with E-state index in [2.05, 4.69) is 34.6 Å². The third-order valence-corrected chi connectivity index (χ3v) is 5.47. The zero-order valence-corrected chi connectivity index (χ0v) is 17.3. The van der Waals surface area contributed by atoms with Crippen LogP contribution in [0.1, 0.15) is 61.9 Å². The van der Waals surface area contributed by atoms with Crippen LogP contribution in [0.15, 0.2) is 47.4 Å². The van der Waals surface area contributed by atoms with Crippen molar-refractivity contribution in [3.8, 4) is 5.69 Å². The van der Waals surface area contributed by atoms with Crippen molar-refractivity contribution in [1.82, 2.24) is 25.4 Å². The minimum atomic E-state index is -0.176. The van der Waals surface area contributed by atoms with Crippen LogP contribution in [0.3, 0.4) is 0 Å². The minimum Gasteiger partial charge on any atom is -0.466 e. The van der Waals surface area contributed by atoms with Gasteiger partial charge >= 0.3 is 6.03 Å². The van der Waals surface area contributed by atoms with Gasteiger partial charge in [-0.2, -0.15) is 5.10 Å². The largest absolute Gasteiger partial charge is 0.466 e. The van der Waals surface area contributed by atoms with E-state index in [0.29, 0.717) is 0 Å². The maximum Gasteiger partial charge on any atom is 0.315 e. The normalized spacial score (nSPS) is 18.7. The van der Waals surface area contributed by atoms with Crippen LogP contribution in [-0.4, -0.2) is 20.8 Å². The summed E-state index contributed by atoms with van der Waals surface area (Å²) in [5.41, 5.74) is 3.13. The maximum atomic E-state index is 12.7. The number of hydrogen-bond acceptors (Lipinski definition) is 4. The first-order valence-electron chi connectivity index (χ1n) is 9.92. The van der Waals surface area contributed by atoms with E-state index in [4.69, 9.17) is 4.42 Å². The fourth-order valence-electron chi connectivity index (χ4n) is 4.05. The first-order valence-corrected chi connectivity index (χ1v) is 9.92. The molecule has 7 nitrogen and oxygen atoms in total. The molecule has 0 radical (unpaired) electrons. The third-order valence-electron chi connectivity index (χ3n) is 5.47. The van der Waals surface area contributed by atoms with E-state index in [9.17, 15) is 4.79 Å². The van der Waals surface area contributed by atoms with Crippen LogP contribution in [0, 0.1) is 12.3 Å². The topological polar surface area (TPSA) is 85.0 Å². The number of aromatic nitrogens is 3. The molecule has 1 aliphatic rings. The first-order chi connectivity index (χ1) is 13.8. The molecule has 3 aromatic rings. The Morgan fingerprint density at radius 1 is 1.31 bits per heavy atom. The van der Waals surface area contributed by atoms with E-state index in [1.54, 1.807) is 11.0 Å². The van der Waals surface area contributed by atoms with Gasteiger partial charge in [-0.1, -0.05) is 26.0 Å². The van der Waals surface area contributed by atoms with Crippen LogP contribution in [-0.2, 0) is 6.42 Å². The standard InChI is InChI=1S/C22H27N5O2/c1-14-9-18-19(10-22(3,4)11-20(18)29-14)26-21(28)25-15(2)16-5-7-17(8-6-16)27-13-23-12-24-27/h5-9,12-13,15,19H,10-11H2,1-4H3,(H2,25,26,28). The molecule has 4 rings (SSSR count). The zero-order valence-electron chi connectivity index (χ0n) is 17.3. The Hall–Kier alpha value is -3.09. The Morgan fingerprint density at radius 2 is 2.07 bits per heavy atom. The third kappa shape index (κ3) is 4.18. The number of urea groups is 1. The lowest BCUT2D eigenvalue weighted by molar-refractivity contribution is 0.212. The van der Waals surface area contributed by atoms with Gasteiger partial charge in [-0.05, 0) is 49.4 Å². The lowest BCUT2D eigenvalue weighted by Gasteiger charge is -2.34. The molecule has 2 amide bonds. The molecule has 2 aromatic heterocycles. The highest BCUT2D eigenvalue weighted by atomic mass is 16.3. The summed E-state index contributed by atoms with van der Waals surface area (Å²) >= 11 is 0. The fourth-order valence-corrected chi connectivity index (χ4v) is 4.05. The van der Waals surface area contributed by atoms with Crippen molar-refractivity contribution in [3.05, 3.63) is 65.6 Å². The van der Waals surface area contributed by atoms with Crippen LogP contribution in [0.25, 0.3) is 5.69 Å². The maximum absolute atomic E-state index is 12.7. The molecule has 2 N–H and O–H groups in total. The smallest absolute Gasteiger partial charge is 0.315 e. The number of amides is 2. The van der Waals surface area contributed by atoms with Gasteiger partial charge in [0, 0.05) is 12.0 Å². The molecular formula is C22H27N5O2. The number of nitrogens with one attached hydrogen (secondary N) is 2. The highest BCUT2D eigenvalue weighted by Gasteiger charge is 2.35. The van der Waals surface area contributed by atoms with E-state index >= 15 is 0 Å². The molecule has 0 bridgehead atoms. The summed E-state index contributed by atoms with van der Waals surface area (Å²) in [4.78, 5) is 16.7. The predicted molar refractivity (Wildman–Crippen MR) is 110 cm³/mol. The Balaban J connectivity index is 1.42. The monoisotopic (exact) mass is 393 g/mol. The van der Waals surface area contributed by atoms with Crippen molar-refractivity contribution in [2.45, 2.75) is 52.6 Å². The van der Waals surface area contributed by atoms with Crippen molar-refractivity contribution in [3.63, 3.8) is 0 Å². The van der Waals surface area contributed by atoms with Crippen molar-refractivity contribution in [2.24, 2.45) is 5.41 Å². The number of carbonyl (C=O) groups is 1. The molecule has 1 aromatic carbocycles.